The Hall–Kier alpha value is -1.46. The molecule has 126 valence electrons. The number of hydrogen-bond donors (Lipinski definition) is 2. The average molecular weight is 359 g/mol. The van der Waals surface area contributed by atoms with Crippen LogP contribution in [0.2, 0.25) is 10.0 Å². The molecule has 0 bridgehead atoms. The standard InChI is InChI=1S/C16H20Cl2N2O3/c1-10(23-14-8-11(17)7-12(18)9-14)15(21)20-16(22)19-13-5-3-2-4-6-13/h7-10,13H,2-6H2,1H3,(H2,19,20,21,22)/t10-/m0/s1. The number of urea groups is 1. The Kier molecular flexibility index (Phi) is 6.54. The van der Waals surface area contributed by atoms with Gasteiger partial charge >= 0.3 is 6.03 Å². The van der Waals surface area contributed by atoms with Crippen LogP contribution in [-0.2, 0) is 4.79 Å². The molecule has 0 aromatic heterocycles. The molecule has 1 aromatic rings. The summed E-state index contributed by atoms with van der Waals surface area (Å²) in [6, 6.07) is 4.33. The Balaban J connectivity index is 1.82. The third kappa shape index (κ3) is 5.92. The number of hydrogen-bond acceptors (Lipinski definition) is 3. The summed E-state index contributed by atoms with van der Waals surface area (Å²) in [5, 5.41) is 5.94. The van der Waals surface area contributed by atoms with E-state index in [4.69, 9.17) is 27.9 Å². The van der Waals surface area contributed by atoms with Crippen molar-refractivity contribution in [2.24, 2.45) is 0 Å². The number of rotatable bonds is 4. The van der Waals surface area contributed by atoms with Gasteiger partial charge in [0.25, 0.3) is 5.91 Å². The zero-order valence-electron chi connectivity index (χ0n) is 12.9. The lowest BCUT2D eigenvalue weighted by Crippen LogP contribution is -2.48. The van der Waals surface area contributed by atoms with Gasteiger partial charge in [0, 0.05) is 16.1 Å². The minimum absolute atomic E-state index is 0.138. The molecule has 5 nitrogen and oxygen atoms in total. The molecular formula is C16H20Cl2N2O3. The van der Waals surface area contributed by atoms with Gasteiger partial charge in [0.2, 0.25) is 0 Å². The number of halogens is 2. The summed E-state index contributed by atoms with van der Waals surface area (Å²) in [5.74, 6) is -0.146. The number of carbonyl (C=O) groups excluding carboxylic acids is 2. The lowest BCUT2D eigenvalue weighted by atomic mass is 9.96. The van der Waals surface area contributed by atoms with E-state index in [1.54, 1.807) is 25.1 Å². The van der Waals surface area contributed by atoms with Crippen molar-refractivity contribution in [1.29, 1.82) is 0 Å². The van der Waals surface area contributed by atoms with Crippen molar-refractivity contribution in [3.8, 4) is 5.75 Å². The summed E-state index contributed by atoms with van der Waals surface area (Å²) >= 11 is 11.8. The zero-order chi connectivity index (χ0) is 16.8. The highest BCUT2D eigenvalue weighted by Gasteiger charge is 2.20. The number of ether oxygens (including phenoxy) is 1. The molecule has 2 rings (SSSR count). The number of carbonyl (C=O) groups is 2. The molecule has 0 spiro atoms. The number of amides is 3. The van der Waals surface area contributed by atoms with Crippen molar-refractivity contribution < 1.29 is 14.3 Å². The fourth-order valence-electron chi connectivity index (χ4n) is 2.54. The molecule has 0 unspecified atom stereocenters. The van der Waals surface area contributed by atoms with E-state index in [9.17, 15) is 9.59 Å². The molecule has 0 saturated heterocycles. The van der Waals surface area contributed by atoms with Gasteiger partial charge in [-0.05, 0) is 38.0 Å². The first-order valence-electron chi connectivity index (χ1n) is 7.68. The van der Waals surface area contributed by atoms with Crippen molar-refractivity contribution in [3.05, 3.63) is 28.2 Å². The summed E-state index contributed by atoms with van der Waals surface area (Å²) < 4.78 is 5.47. The Morgan fingerprint density at radius 2 is 1.74 bits per heavy atom. The molecule has 1 saturated carbocycles. The molecule has 0 aliphatic heterocycles. The fourth-order valence-corrected chi connectivity index (χ4v) is 3.04. The van der Waals surface area contributed by atoms with E-state index in [0.717, 1.165) is 25.7 Å². The Labute approximate surface area is 145 Å². The van der Waals surface area contributed by atoms with E-state index < -0.39 is 18.0 Å². The highest BCUT2D eigenvalue weighted by Crippen LogP contribution is 2.25. The fraction of sp³-hybridized carbons (Fsp3) is 0.500. The summed E-state index contributed by atoms with van der Waals surface area (Å²) in [7, 11) is 0. The normalized spacial score (nSPS) is 16.5. The summed E-state index contributed by atoms with van der Waals surface area (Å²) in [6.45, 7) is 1.55. The minimum atomic E-state index is -0.846. The van der Waals surface area contributed by atoms with Gasteiger partial charge in [-0.25, -0.2) is 4.79 Å². The average Bonchev–Trinajstić information content (AvgIpc) is 2.46. The number of nitrogens with one attached hydrogen (secondary N) is 2. The Morgan fingerprint density at radius 3 is 2.35 bits per heavy atom. The molecular weight excluding hydrogens is 339 g/mol. The van der Waals surface area contributed by atoms with E-state index in [1.807, 2.05) is 0 Å². The van der Waals surface area contributed by atoms with Crippen LogP contribution in [0.1, 0.15) is 39.0 Å². The van der Waals surface area contributed by atoms with Crippen LogP contribution in [0.5, 0.6) is 5.75 Å². The van der Waals surface area contributed by atoms with E-state index in [0.29, 0.717) is 15.8 Å². The van der Waals surface area contributed by atoms with Crippen molar-refractivity contribution in [1.82, 2.24) is 10.6 Å². The first-order valence-corrected chi connectivity index (χ1v) is 8.44. The van der Waals surface area contributed by atoms with Crippen molar-refractivity contribution in [3.63, 3.8) is 0 Å². The highest BCUT2D eigenvalue weighted by atomic mass is 35.5. The van der Waals surface area contributed by atoms with E-state index in [2.05, 4.69) is 10.6 Å². The molecule has 7 heteroatoms. The molecule has 0 radical (unpaired) electrons. The Bertz CT molecular complexity index is 554. The van der Waals surface area contributed by atoms with E-state index in [1.165, 1.54) is 6.42 Å². The van der Waals surface area contributed by atoms with Crippen LogP contribution >= 0.6 is 23.2 Å². The highest BCUT2D eigenvalue weighted by molar-refractivity contribution is 6.34. The maximum atomic E-state index is 12.0. The summed E-state index contributed by atoms with van der Waals surface area (Å²) in [4.78, 5) is 23.9. The lowest BCUT2D eigenvalue weighted by Gasteiger charge is -2.23. The maximum absolute atomic E-state index is 12.0. The second-order valence-corrected chi connectivity index (χ2v) is 6.54. The second-order valence-electron chi connectivity index (χ2n) is 5.66. The van der Waals surface area contributed by atoms with Gasteiger partial charge in [-0.1, -0.05) is 42.5 Å². The van der Waals surface area contributed by atoms with Gasteiger partial charge in [0.05, 0.1) is 0 Å². The van der Waals surface area contributed by atoms with Crippen molar-refractivity contribution in [2.75, 3.05) is 0 Å². The zero-order valence-corrected chi connectivity index (χ0v) is 14.4. The van der Waals surface area contributed by atoms with E-state index in [-0.39, 0.29) is 6.04 Å². The summed E-state index contributed by atoms with van der Waals surface area (Å²) in [5.41, 5.74) is 0. The van der Waals surface area contributed by atoms with E-state index >= 15 is 0 Å². The van der Waals surface area contributed by atoms with Crippen molar-refractivity contribution >= 4 is 35.1 Å². The minimum Gasteiger partial charge on any atom is -0.481 e. The molecule has 2 N–H and O–H groups in total. The van der Waals surface area contributed by atoms with Gasteiger partial charge < -0.3 is 10.1 Å². The largest absolute Gasteiger partial charge is 0.481 e. The van der Waals surface area contributed by atoms with Crippen LogP contribution in [-0.4, -0.2) is 24.1 Å². The monoisotopic (exact) mass is 358 g/mol. The third-order valence-corrected chi connectivity index (χ3v) is 4.13. The quantitative estimate of drug-likeness (QED) is 0.856. The maximum Gasteiger partial charge on any atom is 0.321 e. The first kappa shape index (κ1) is 17.9. The summed E-state index contributed by atoms with van der Waals surface area (Å²) in [6.07, 6.45) is 4.47. The first-order chi connectivity index (χ1) is 10.9. The molecule has 23 heavy (non-hydrogen) atoms. The van der Waals surface area contributed by atoms with Gasteiger partial charge in [-0.15, -0.1) is 0 Å². The second kappa shape index (κ2) is 8.41. The predicted molar refractivity (Wildman–Crippen MR) is 90.1 cm³/mol. The van der Waals surface area contributed by atoms with Gasteiger partial charge in [-0.2, -0.15) is 0 Å². The Morgan fingerprint density at radius 1 is 1.13 bits per heavy atom. The molecule has 1 aliphatic rings. The number of imide groups is 1. The van der Waals surface area contributed by atoms with Gasteiger partial charge in [-0.3, -0.25) is 10.1 Å². The van der Waals surface area contributed by atoms with Crippen molar-refractivity contribution in [2.45, 2.75) is 51.2 Å². The van der Waals surface area contributed by atoms with Crippen LogP contribution in [0, 0.1) is 0 Å². The molecule has 1 aliphatic carbocycles. The molecule has 1 fully saturated rings. The smallest absolute Gasteiger partial charge is 0.321 e. The lowest BCUT2D eigenvalue weighted by molar-refractivity contribution is -0.126. The van der Waals surface area contributed by atoms with Gasteiger partial charge in [0.1, 0.15) is 5.75 Å². The topological polar surface area (TPSA) is 67.4 Å². The third-order valence-electron chi connectivity index (χ3n) is 3.70. The molecule has 1 aromatic carbocycles. The van der Waals surface area contributed by atoms with Crippen LogP contribution in [0.3, 0.4) is 0 Å². The molecule has 1 atom stereocenters. The van der Waals surface area contributed by atoms with Crippen LogP contribution < -0.4 is 15.4 Å². The molecule has 0 heterocycles. The predicted octanol–water partition coefficient (Wildman–Crippen LogP) is 3.92. The van der Waals surface area contributed by atoms with Crippen LogP contribution in [0.25, 0.3) is 0 Å². The number of benzene rings is 1. The molecule has 3 amide bonds. The SMILES string of the molecule is C[C@H](Oc1cc(Cl)cc(Cl)c1)C(=O)NC(=O)NC1CCCCC1. The van der Waals surface area contributed by atoms with Crippen LogP contribution in [0.15, 0.2) is 18.2 Å². The van der Waals surface area contributed by atoms with Gasteiger partial charge in [0.15, 0.2) is 6.10 Å². The van der Waals surface area contributed by atoms with Crippen LogP contribution in [0.4, 0.5) is 4.79 Å².